The molecule has 1 nitrogen and oxygen atoms in total. The van der Waals surface area contributed by atoms with Gasteiger partial charge in [0.15, 0.2) is 0 Å². The molecule has 0 aromatic carbocycles. The minimum Gasteiger partial charge on any atom is -0.298 e. The van der Waals surface area contributed by atoms with Crippen molar-refractivity contribution >= 4 is 0 Å². The van der Waals surface area contributed by atoms with Crippen molar-refractivity contribution in [3.63, 3.8) is 0 Å². The topological polar surface area (TPSA) is 3.24 Å². The standard InChI is InChI=1S/C13H27N/c1-9(2)13-7-12(6)14(10(3)4)8-11(13)5/h9-13H,7-8H2,1-6H3/t11?,12-,13?/m0/s1. The summed E-state index contributed by atoms with van der Waals surface area (Å²) in [7, 11) is 0. The molecular formula is C13H27N. The summed E-state index contributed by atoms with van der Waals surface area (Å²) >= 11 is 0. The van der Waals surface area contributed by atoms with Crippen molar-refractivity contribution in [1.82, 2.24) is 4.90 Å². The van der Waals surface area contributed by atoms with Gasteiger partial charge in [-0.3, -0.25) is 4.90 Å². The lowest BCUT2D eigenvalue weighted by molar-refractivity contribution is 0.0356. The van der Waals surface area contributed by atoms with Crippen LogP contribution in [0.2, 0.25) is 0 Å². The van der Waals surface area contributed by atoms with Crippen LogP contribution in [0.15, 0.2) is 0 Å². The van der Waals surface area contributed by atoms with Crippen LogP contribution in [-0.4, -0.2) is 23.5 Å². The number of piperidine rings is 1. The minimum atomic E-state index is 0.709. The molecule has 1 aliphatic heterocycles. The fourth-order valence-corrected chi connectivity index (χ4v) is 3.06. The predicted molar refractivity (Wildman–Crippen MR) is 63.4 cm³/mol. The van der Waals surface area contributed by atoms with E-state index in [1.807, 2.05) is 0 Å². The lowest BCUT2D eigenvalue weighted by Crippen LogP contribution is -2.49. The third kappa shape index (κ3) is 2.50. The van der Waals surface area contributed by atoms with Gasteiger partial charge in [0, 0.05) is 18.6 Å². The van der Waals surface area contributed by atoms with E-state index in [9.17, 15) is 0 Å². The molecule has 0 aromatic heterocycles. The van der Waals surface area contributed by atoms with Gasteiger partial charge >= 0.3 is 0 Å². The van der Waals surface area contributed by atoms with Gasteiger partial charge in [0.2, 0.25) is 0 Å². The molecule has 0 saturated carbocycles. The molecule has 1 rings (SSSR count). The van der Waals surface area contributed by atoms with Crippen LogP contribution in [-0.2, 0) is 0 Å². The summed E-state index contributed by atoms with van der Waals surface area (Å²) in [6.45, 7) is 15.5. The smallest absolute Gasteiger partial charge is 0.00725 e. The van der Waals surface area contributed by atoms with Gasteiger partial charge in [-0.15, -0.1) is 0 Å². The van der Waals surface area contributed by atoms with E-state index in [2.05, 4.69) is 46.4 Å². The second kappa shape index (κ2) is 4.65. The van der Waals surface area contributed by atoms with Gasteiger partial charge in [-0.05, 0) is 44.9 Å². The minimum absolute atomic E-state index is 0.709. The van der Waals surface area contributed by atoms with E-state index in [4.69, 9.17) is 0 Å². The van der Waals surface area contributed by atoms with Gasteiger partial charge in [-0.25, -0.2) is 0 Å². The Morgan fingerprint density at radius 3 is 2.07 bits per heavy atom. The van der Waals surface area contributed by atoms with Crippen molar-refractivity contribution in [2.45, 2.75) is 60.0 Å². The third-order valence-electron chi connectivity index (χ3n) is 3.93. The van der Waals surface area contributed by atoms with Crippen LogP contribution in [0.3, 0.4) is 0 Å². The number of hydrogen-bond donors (Lipinski definition) is 0. The van der Waals surface area contributed by atoms with E-state index >= 15 is 0 Å². The molecule has 2 unspecified atom stereocenters. The molecule has 0 radical (unpaired) electrons. The highest BCUT2D eigenvalue weighted by molar-refractivity contribution is 4.85. The molecule has 1 heteroatoms. The Hall–Kier alpha value is -0.0400. The van der Waals surface area contributed by atoms with Crippen LogP contribution in [0.1, 0.15) is 48.0 Å². The number of likely N-dealkylation sites (tertiary alicyclic amines) is 1. The second-order valence-corrected chi connectivity index (χ2v) is 5.76. The fourth-order valence-electron chi connectivity index (χ4n) is 3.06. The van der Waals surface area contributed by atoms with Crippen LogP contribution < -0.4 is 0 Å². The Kier molecular flexibility index (Phi) is 4.00. The summed E-state index contributed by atoms with van der Waals surface area (Å²) in [4.78, 5) is 2.66. The summed E-state index contributed by atoms with van der Waals surface area (Å²) in [5.74, 6) is 2.65. The lowest BCUT2D eigenvalue weighted by atomic mass is 9.76. The van der Waals surface area contributed by atoms with Crippen molar-refractivity contribution in [2.75, 3.05) is 6.54 Å². The van der Waals surface area contributed by atoms with Gasteiger partial charge < -0.3 is 0 Å². The van der Waals surface area contributed by atoms with Gasteiger partial charge in [-0.1, -0.05) is 20.8 Å². The summed E-state index contributed by atoms with van der Waals surface area (Å²) in [5.41, 5.74) is 0. The van der Waals surface area contributed by atoms with E-state index in [0.29, 0.717) is 6.04 Å². The maximum Gasteiger partial charge on any atom is 0.00725 e. The van der Waals surface area contributed by atoms with E-state index in [0.717, 1.165) is 23.8 Å². The third-order valence-corrected chi connectivity index (χ3v) is 3.93. The Balaban J connectivity index is 2.62. The van der Waals surface area contributed by atoms with Gasteiger partial charge in [-0.2, -0.15) is 0 Å². The lowest BCUT2D eigenvalue weighted by Gasteiger charge is -2.45. The first-order valence-corrected chi connectivity index (χ1v) is 6.19. The Bertz CT molecular complexity index is 154. The van der Waals surface area contributed by atoms with Crippen LogP contribution in [0.4, 0.5) is 0 Å². The SMILES string of the molecule is CC(C)C1C[C@H](C)N(C(C)C)CC1C. The van der Waals surface area contributed by atoms with Crippen molar-refractivity contribution < 1.29 is 0 Å². The van der Waals surface area contributed by atoms with Crippen molar-refractivity contribution in [1.29, 1.82) is 0 Å². The van der Waals surface area contributed by atoms with Gasteiger partial charge in [0.05, 0.1) is 0 Å². The maximum atomic E-state index is 2.66. The van der Waals surface area contributed by atoms with Crippen molar-refractivity contribution in [3.8, 4) is 0 Å². The molecule has 0 spiro atoms. The maximum absolute atomic E-state index is 2.66. The first kappa shape index (κ1) is 12.0. The van der Waals surface area contributed by atoms with Crippen LogP contribution >= 0.6 is 0 Å². The zero-order valence-corrected chi connectivity index (χ0v) is 10.7. The first-order chi connectivity index (χ1) is 6.43. The molecule has 3 atom stereocenters. The monoisotopic (exact) mass is 197 g/mol. The molecule has 0 N–H and O–H groups in total. The van der Waals surface area contributed by atoms with Crippen molar-refractivity contribution in [3.05, 3.63) is 0 Å². The largest absolute Gasteiger partial charge is 0.298 e. The number of nitrogens with zero attached hydrogens (tertiary/aromatic N) is 1. The average molecular weight is 197 g/mol. The normalized spacial score (nSPS) is 35.6. The first-order valence-electron chi connectivity index (χ1n) is 6.19. The van der Waals surface area contributed by atoms with E-state index in [-0.39, 0.29) is 0 Å². The molecule has 0 aliphatic carbocycles. The molecule has 14 heavy (non-hydrogen) atoms. The number of hydrogen-bond acceptors (Lipinski definition) is 1. The second-order valence-electron chi connectivity index (χ2n) is 5.76. The highest BCUT2D eigenvalue weighted by Gasteiger charge is 2.33. The molecule has 0 bridgehead atoms. The molecule has 1 saturated heterocycles. The summed E-state index contributed by atoms with van der Waals surface area (Å²) in [5, 5.41) is 0. The summed E-state index contributed by atoms with van der Waals surface area (Å²) in [6.07, 6.45) is 1.39. The summed E-state index contributed by atoms with van der Waals surface area (Å²) in [6, 6.07) is 1.49. The quantitative estimate of drug-likeness (QED) is 0.656. The highest BCUT2D eigenvalue weighted by Crippen LogP contribution is 2.33. The van der Waals surface area contributed by atoms with Crippen LogP contribution in [0.5, 0.6) is 0 Å². The number of rotatable bonds is 2. The van der Waals surface area contributed by atoms with Gasteiger partial charge in [0.25, 0.3) is 0 Å². The van der Waals surface area contributed by atoms with Crippen molar-refractivity contribution in [2.24, 2.45) is 17.8 Å². The average Bonchev–Trinajstić information content (AvgIpc) is 2.07. The zero-order valence-electron chi connectivity index (χ0n) is 10.7. The Labute approximate surface area is 89.9 Å². The van der Waals surface area contributed by atoms with E-state index in [1.165, 1.54) is 13.0 Å². The molecule has 1 heterocycles. The molecule has 0 aromatic rings. The molecule has 0 amide bonds. The zero-order chi connectivity index (χ0) is 10.9. The van der Waals surface area contributed by atoms with Crippen LogP contribution in [0.25, 0.3) is 0 Å². The molecule has 84 valence electrons. The predicted octanol–water partition coefficient (Wildman–Crippen LogP) is 3.40. The molecule has 1 aliphatic rings. The van der Waals surface area contributed by atoms with Crippen LogP contribution in [0, 0.1) is 17.8 Å². The highest BCUT2D eigenvalue weighted by atomic mass is 15.2. The molecular weight excluding hydrogens is 170 g/mol. The summed E-state index contributed by atoms with van der Waals surface area (Å²) < 4.78 is 0. The Morgan fingerprint density at radius 1 is 1.07 bits per heavy atom. The van der Waals surface area contributed by atoms with E-state index < -0.39 is 0 Å². The Morgan fingerprint density at radius 2 is 1.64 bits per heavy atom. The fraction of sp³-hybridized carbons (Fsp3) is 1.00. The van der Waals surface area contributed by atoms with E-state index in [1.54, 1.807) is 0 Å². The molecule has 1 fully saturated rings. The van der Waals surface area contributed by atoms with Gasteiger partial charge in [0.1, 0.15) is 0 Å².